The zero-order valence-corrected chi connectivity index (χ0v) is 27.1. The zero-order chi connectivity index (χ0) is 34.4. The molecule has 3 N–H and O–H groups in total. The highest BCUT2D eigenvalue weighted by atomic mass is 35.5. The first-order valence-corrected chi connectivity index (χ1v) is 16.0. The van der Waals surface area contributed by atoms with E-state index in [2.05, 4.69) is 0 Å². The van der Waals surface area contributed by atoms with Gasteiger partial charge in [0.15, 0.2) is 11.5 Å². The van der Waals surface area contributed by atoms with Crippen molar-refractivity contribution in [1.29, 1.82) is 0 Å². The van der Waals surface area contributed by atoms with Gasteiger partial charge in [0.1, 0.15) is 5.82 Å². The summed E-state index contributed by atoms with van der Waals surface area (Å²) >= 11 is 12.5. The van der Waals surface area contributed by atoms with Crippen molar-refractivity contribution in [3.8, 4) is 11.5 Å². The average Bonchev–Trinajstić information content (AvgIpc) is 3.43. The molecule has 0 spiro atoms. The summed E-state index contributed by atoms with van der Waals surface area (Å²) in [5.74, 6) is -7.24. The summed E-state index contributed by atoms with van der Waals surface area (Å²) in [6.07, 6.45) is 2.07. The van der Waals surface area contributed by atoms with Gasteiger partial charge in [-0.25, -0.2) is 9.29 Å². The second-order valence-electron chi connectivity index (χ2n) is 12.8. The van der Waals surface area contributed by atoms with Crippen LogP contribution in [0, 0.1) is 34.9 Å². The van der Waals surface area contributed by atoms with Gasteiger partial charge in [-0.05, 0) is 79.2 Å². The number of imide groups is 2. The summed E-state index contributed by atoms with van der Waals surface area (Å²) < 4.78 is 19.5. The highest BCUT2D eigenvalue weighted by Crippen LogP contribution is 2.64. The number of benzene rings is 3. The van der Waals surface area contributed by atoms with Gasteiger partial charge < -0.3 is 19.9 Å². The standard InChI is InChI=1S/C34H28BCl2FN2O8/c1-34-22(31(43)40(33(34)45)18-6-9-25(38)23(36)13-18)14-21-19(28(34)15-10-24(37)29(41)26(11-15)48-2)7-8-20-27(21)32(44)39(30(20)42)17-5-3-4-16(12-17)35(46)47/h3-7,9-13,20-22,27-28,41,46-47H,8,14H2,1-2H3/t20-,21+,22-,27-,28-,34+/m0/s1. The van der Waals surface area contributed by atoms with Gasteiger partial charge in [-0.15, -0.1) is 0 Å². The van der Waals surface area contributed by atoms with E-state index < -0.39 is 71.6 Å². The number of amides is 4. The van der Waals surface area contributed by atoms with Crippen LogP contribution >= 0.6 is 23.2 Å². The number of rotatable bonds is 5. The molecule has 4 aliphatic rings. The van der Waals surface area contributed by atoms with Crippen molar-refractivity contribution in [3.63, 3.8) is 0 Å². The zero-order valence-electron chi connectivity index (χ0n) is 25.6. The third-order valence-electron chi connectivity index (χ3n) is 10.5. The maximum absolute atomic E-state index is 14.6. The van der Waals surface area contributed by atoms with Crippen molar-refractivity contribution in [2.75, 3.05) is 16.9 Å². The molecule has 10 nitrogen and oxygen atoms in total. The Labute approximate surface area is 284 Å². The molecule has 2 heterocycles. The number of halogens is 3. The number of fused-ring (bicyclic) bond motifs is 4. The third kappa shape index (κ3) is 4.53. The smallest absolute Gasteiger partial charge is 0.488 e. The molecule has 6 atom stereocenters. The predicted octanol–water partition coefficient (Wildman–Crippen LogP) is 3.96. The van der Waals surface area contributed by atoms with E-state index in [-0.39, 0.29) is 51.2 Å². The van der Waals surface area contributed by atoms with Crippen molar-refractivity contribution < 1.29 is 43.5 Å². The van der Waals surface area contributed by atoms with Gasteiger partial charge in [-0.2, -0.15) is 0 Å². The van der Waals surface area contributed by atoms with Crippen LogP contribution in [-0.4, -0.2) is 53.0 Å². The number of phenols is 1. The second kappa shape index (κ2) is 11.4. The van der Waals surface area contributed by atoms with Crippen LogP contribution in [0.25, 0.3) is 0 Å². The Hall–Kier alpha value is -4.23. The number of hydrogen-bond donors (Lipinski definition) is 3. The van der Waals surface area contributed by atoms with Crippen LogP contribution in [0.15, 0.2) is 66.2 Å². The number of ether oxygens (including phenoxy) is 1. The lowest BCUT2D eigenvalue weighted by atomic mass is 9.51. The van der Waals surface area contributed by atoms with Gasteiger partial charge in [-0.3, -0.25) is 24.1 Å². The molecule has 2 saturated heterocycles. The van der Waals surface area contributed by atoms with Crippen LogP contribution in [-0.2, 0) is 19.2 Å². The van der Waals surface area contributed by atoms with E-state index in [0.29, 0.717) is 11.1 Å². The molecular formula is C34H28BCl2FN2O8. The van der Waals surface area contributed by atoms with Crippen LogP contribution in [0.4, 0.5) is 15.8 Å². The molecule has 3 aromatic rings. The summed E-state index contributed by atoms with van der Waals surface area (Å²) in [6.45, 7) is 1.67. The molecule has 3 fully saturated rings. The van der Waals surface area contributed by atoms with Gasteiger partial charge in [0.05, 0.1) is 51.7 Å². The number of hydrogen-bond acceptors (Lipinski definition) is 8. The molecule has 4 amide bonds. The maximum Gasteiger partial charge on any atom is 0.488 e. The van der Waals surface area contributed by atoms with Crippen LogP contribution in [0.3, 0.4) is 0 Å². The highest BCUT2D eigenvalue weighted by Gasteiger charge is 2.67. The van der Waals surface area contributed by atoms with E-state index in [9.17, 15) is 38.7 Å². The first-order chi connectivity index (χ1) is 22.8. The van der Waals surface area contributed by atoms with Crippen molar-refractivity contribution >= 4 is 70.8 Å². The fraction of sp³-hybridized carbons (Fsp3) is 0.294. The van der Waals surface area contributed by atoms with E-state index in [0.717, 1.165) is 15.9 Å². The van der Waals surface area contributed by atoms with Crippen LogP contribution in [0.2, 0.25) is 10.0 Å². The van der Waals surface area contributed by atoms with E-state index in [1.807, 2.05) is 6.08 Å². The quantitative estimate of drug-likeness (QED) is 0.207. The Morgan fingerprint density at radius 3 is 2.33 bits per heavy atom. The van der Waals surface area contributed by atoms with Crippen molar-refractivity contribution in [1.82, 2.24) is 0 Å². The number of allylic oxidation sites excluding steroid dienone is 2. The van der Waals surface area contributed by atoms with Crippen LogP contribution in [0.5, 0.6) is 11.5 Å². The molecule has 48 heavy (non-hydrogen) atoms. The van der Waals surface area contributed by atoms with E-state index in [1.54, 1.807) is 6.92 Å². The summed E-state index contributed by atoms with van der Waals surface area (Å²) in [4.78, 5) is 59.0. The monoisotopic (exact) mass is 692 g/mol. The number of carbonyl (C=O) groups is 4. The molecule has 246 valence electrons. The van der Waals surface area contributed by atoms with Crippen molar-refractivity contribution in [2.45, 2.75) is 25.7 Å². The number of aromatic hydroxyl groups is 1. The highest BCUT2D eigenvalue weighted by molar-refractivity contribution is 6.58. The van der Waals surface area contributed by atoms with E-state index >= 15 is 0 Å². The number of carbonyl (C=O) groups excluding carboxylic acids is 4. The van der Waals surface area contributed by atoms with E-state index in [1.165, 1.54) is 55.6 Å². The Morgan fingerprint density at radius 2 is 1.65 bits per heavy atom. The lowest BCUT2D eigenvalue weighted by Gasteiger charge is -2.49. The van der Waals surface area contributed by atoms with Gasteiger partial charge >= 0.3 is 7.12 Å². The van der Waals surface area contributed by atoms with Gasteiger partial charge in [0.2, 0.25) is 23.6 Å². The molecule has 3 aromatic carbocycles. The normalized spacial score (nSPS) is 27.9. The van der Waals surface area contributed by atoms with Crippen molar-refractivity contribution in [3.05, 3.63) is 87.7 Å². The second-order valence-corrected chi connectivity index (χ2v) is 13.6. The number of methoxy groups -OCH3 is 1. The Balaban J connectivity index is 1.38. The topological polar surface area (TPSA) is 145 Å². The SMILES string of the molecule is COc1cc([C@H]2C3=CC[C@@H]4C(=O)N(c5cccc(B(O)O)c5)C(=O)[C@@H]4[C@@H]3C[C@H]3C(=O)N(c4ccc(F)c(Cl)c4)C(=O)[C@@]23C)cc(Cl)c1O. The Kier molecular flexibility index (Phi) is 7.71. The number of nitrogens with zero attached hydrogens (tertiary/aromatic N) is 2. The Bertz CT molecular complexity index is 1970. The molecule has 2 aliphatic carbocycles. The minimum absolute atomic E-state index is 0.0391. The summed E-state index contributed by atoms with van der Waals surface area (Å²) in [6, 6.07) is 12.5. The fourth-order valence-corrected chi connectivity index (χ4v) is 8.65. The molecule has 14 heteroatoms. The fourth-order valence-electron chi connectivity index (χ4n) is 8.26. The number of phenolic OH excluding ortho intramolecular Hbond substituents is 1. The molecular weight excluding hydrogens is 665 g/mol. The minimum Gasteiger partial charge on any atom is -0.503 e. The molecule has 0 radical (unpaired) electrons. The summed E-state index contributed by atoms with van der Waals surface area (Å²) in [5.41, 5.74) is 0.0624. The van der Waals surface area contributed by atoms with Gasteiger partial charge in [-0.1, -0.05) is 47.0 Å². The largest absolute Gasteiger partial charge is 0.503 e. The van der Waals surface area contributed by atoms with Crippen LogP contribution in [0.1, 0.15) is 31.2 Å². The molecule has 2 aliphatic heterocycles. The lowest BCUT2D eigenvalue weighted by Crippen LogP contribution is -2.48. The summed E-state index contributed by atoms with van der Waals surface area (Å²) in [7, 11) is -0.468. The molecule has 0 bridgehead atoms. The lowest BCUT2D eigenvalue weighted by molar-refractivity contribution is -0.131. The van der Waals surface area contributed by atoms with E-state index in [4.69, 9.17) is 27.9 Å². The summed E-state index contributed by atoms with van der Waals surface area (Å²) in [5, 5.41) is 29.7. The molecule has 7 rings (SSSR count). The van der Waals surface area contributed by atoms with Crippen LogP contribution < -0.4 is 20.0 Å². The van der Waals surface area contributed by atoms with Gasteiger partial charge in [0.25, 0.3) is 0 Å². The molecule has 1 saturated carbocycles. The molecule has 0 unspecified atom stereocenters. The van der Waals surface area contributed by atoms with Crippen molar-refractivity contribution in [2.24, 2.45) is 29.1 Å². The maximum atomic E-state index is 14.6. The first kappa shape index (κ1) is 32.3. The number of anilines is 2. The minimum atomic E-state index is -1.82. The van der Waals surface area contributed by atoms with Gasteiger partial charge in [0, 0.05) is 5.92 Å². The Morgan fingerprint density at radius 1 is 0.917 bits per heavy atom. The third-order valence-corrected chi connectivity index (χ3v) is 11.0. The average molecular weight is 693 g/mol. The molecule has 0 aromatic heterocycles. The first-order valence-electron chi connectivity index (χ1n) is 15.2. The predicted molar refractivity (Wildman–Crippen MR) is 174 cm³/mol.